The molecule has 1 saturated heterocycles. The number of hydrogen-bond donors (Lipinski definition) is 2. The van der Waals surface area contributed by atoms with E-state index < -0.39 is 5.41 Å². The van der Waals surface area contributed by atoms with Crippen molar-refractivity contribution >= 4 is 11.8 Å². The summed E-state index contributed by atoms with van der Waals surface area (Å²) in [5.41, 5.74) is 3.42. The Morgan fingerprint density at radius 1 is 1.03 bits per heavy atom. The van der Waals surface area contributed by atoms with Crippen LogP contribution < -0.4 is 10.6 Å². The van der Waals surface area contributed by atoms with Crippen LogP contribution in [0.5, 0.6) is 0 Å². The minimum Gasteiger partial charge on any atom is -0.381 e. The Hall–Kier alpha value is -2.66. The highest BCUT2D eigenvalue weighted by Crippen LogP contribution is 2.38. The molecule has 1 heterocycles. The number of hydrogen-bond acceptors (Lipinski definition) is 3. The van der Waals surface area contributed by atoms with E-state index >= 15 is 0 Å². The molecule has 2 aromatic carbocycles. The Morgan fingerprint density at radius 3 is 2.48 bits per heavy atom. The van der Waals surface area contributed by atoms with E-state index in [0.29, 0.717) is 31.2 Å². The Labute approximate surface area is 197 Å². The molecular formula is C28H36N2O3. The Balaban J connectivity index is 1.62. The molecule has 0 unspecified atom stereocenters. The van der Waals surface area contributed by atoms with Gasteiger partial charge >= 0.3 is 0 Å². The Morgan fingerprint density at radius 2 is 1.76 bits per heavy atom. The van der Waals surface area contributed by atoms with E-state index in [0.717, 1.165) is 42.4 Å². The molecule has 1 aliphatic carbocycles. The van der Waals surface area contributed by atoms with E-state index in [2.05, 4.69) is 22.8 Å². The maximum atomic E-state index is 13.6. The van der Waals surface area contributed by atoms with Gasteiger partial charge in [-0.3, -0.25) is 9.59 Å². The van der Waals surface area contributed by atoms with Crippen LogP contribution in [0.2, 0.25) is 0 Å². The molecule has 0 radical (unpaired) electrons. The van der Waals surface area contributed by atoms with Crippen molar-refractivity contribution in [1.29, 1.82) is 0 Å². The van der Waals surface area contributed by atoms with Gasteiger partial charge in [-0.05, 0) is 74.8 Å². The quantitative estimate of drug-likeness (QED) is 0.634. The molecule has 4 rings (SSSR count). The topological polar surface area (TPSA) is 67.4 Å². The normalized spacial score (nSPS) is 18.3. The largest absolute Gasteiger partial charge is 0.381 e. The summed E-state index contributed by atoms with van der Waals surface area (Å²) in [5.74, 6) is 0.110. The summed E-state index contributed by atoms with van der Waals surface area (Å²) in [6.45, 7) is 5.15. The smallest absolute Gasteiger partial charge is 0.251 e. The molecule has 5 nitrogen and oxygen atoms in total. The molecule has 2 aromatic rings. The molecule has 2 amide bonds. The maximum Gasteiger partial charge on any atom is 0.251 e. The van der Waals surface area contributed by atoms with Crippen molar-refractivity contribution in [3.63, 3.8) is 0 Å². The van der Waals surface area contributed by atoms with Gasteiger partial charge in [-0.2, -0.15) is 0 Å². The summed E-state index contributed by atoms with van der Waals surface area (Å²) < 4.78 is 5.65. The highest BCUT2D eigenvalue weighted by atomic mass is 16.5. The van der Waals surface area contributed by atoms with E-state index in [1.165, 1.54) is 12.8 Å². The van der Waals surface area contributed by atoms with Gasteiger partial charge in [-0.15, -0.1) is 0 Å². The predicted molar refractivity (Wildman–Crippen MR) is 131 cm³/mol. The van der Waals surface area contributed by atoms with Gasteiger partial charge in [0.25, 0.3) is 5.91 Å². The van der Waals surface area contributed by atoms with Crippen LogP contribution >= 0.6 is 0 Å². The van der Waals surface area contributed by atoms with Crippen molar-refractivity contribution in [2.75, 3.05) is 13.2 Å². The molecule has 1 aliphatic heterocycles. The zero-order valence-corrected chi connectivity index (χ0v) is 19.9. The first kappa shape index (κ1) is 23.5. The fourth-order valence-electron chi connectivity index (χ4n) is 5.15. The molecular weight excluding hydrogens is 412 g/mol. The fourth-order valence-corrected chi connectivity index (χ4v) is 5.15. The number of rotatable bonds is 7. The first-order valence-electron chi connectivity index (χ1n) is 12.3. The maximum absolute atomic E-state index is 13.6. The minimum absolute atomic E-state index is 0.0684. The van der Waals surface area contributed by atoms with Crippen LogP contribution in [0.15, 0.2) is 48.5 Å². The van der Waals surface area contributed by atoms with Crippen LogP contribution in [0.3, 0.4) is 0 Å². The lowest BCUT2D eigenvalue weighted by atomic mass is 9.73. The van der Waals surface area contributed by atoms with Crippen molar-refractivity contribution in [2.24, 2.45) is 5.41 Å². The second kappa shape index (κ2) is 10.5. The molecule has 0 atom stereocenters. The molecule has 5 heteroatoms. The fraction of sp³-hybridized carbons (Fsp3) is 0.500. The third-order valence-corrected chi connectivity index (χ3v) is 7.02. The van der Waals surface area contributed by atoms with E-state index in [1.807, 2.05) is 50.2 Å². The summed E-state index contributed by atoms with van der Waals surface area (Å²) >= 11 is 0. The molecule has 2 fully saturated rings. The highest BCUT2D eigenvalue weighted by Gasteiger charge is 2.41. The summed E-state index contributed by atoms with van der Waals surface area (Å²) in [6.07, 6.45) is 6.70. The first-order chi connectivity index (χ1) is 16.0. The molecule has 0 spiro atoms. The molecule has 1 saturated carbocycles. The molecule has 2 N–H and O–H groups in total. The zero-order valence-electron chi connectivity index (χ0n) is 19.9. The van der Waals surface area contributed by atoms with Crippen LogP contribution in [0.4, 0.5) is 0 Å². The lowest BCUT2D eigenvalue weighted by molar-refractivity contribution is -0.137. The molecule has 0 aromatic heterocycles. The second-order valence-electron chi connectivity index (χ2n) is 9.89. The van der Waals surface area contributed by atoms with E-state index in [9.17, 15) is 9.59 Å². The van der Waals surface area contributed by atoms with Crippen molar-refractivity contribution in [1.82, 2.24) is 10.6 Å². The van der Waals surface area contributed by atoms with Crippen molar-refractivity contribution in [2.45, 2.75) is 70.9 Å². The minimum atomic E-state index is -0.455. The summed E-state index contributed by atoms with van der Waals surface area (Å²) in [5, 5.41) is 6.33. The number of nitrogens with one attached hydrogen (secondary N) is 2. The second-order valence-corrected chi connectivity index (χ2v) is 9.89. The summed E-state index contributed by atoms with van der Waals surface area (Å²) in [4.78, 5) is 26.1. The van der Waals surface area contributed by atoms with Crippen LogP contribution in [0.25, 0.3) is 11.1 Å². The monoisotopic (exact) mass is 448 g/mol. The van der Waals surface area contributed by atoms with Crippen molar-refractivity contribution in [3.8, 4) is 11.1 Å². The molecule has 33 heavy (non-hydrogen) atoms. The van der Waals surface area contributed by atoms with E-state index in [-0.39, 0.29) is 17.9 Å². The first-order valence-corrected chi connectivity index (χ1v) is 12.3. The number of carbonyl (C=O) groups excluding carboxylic acids is 2. The van der Waals surface area contributed by atoms with Crippen LogP contribution in [0.1, 0.15) is 68.3 Å². The van der Waals surface area contributed by atoms with E-state index in [1.54, 1.807) is 0 Å². The van der Waals surface area contributed by atoms with Gasteiger partial charge in [0.15, 0.2) is 0 Å². The number of ether oxygens (including phenoxy) is 1. The van der Waals surface area contributed by atoms with Gasteiger partial charge in [-0.25, -0.2) is 0 Å². The third-order valence-electron chi connectivity index (χ3n) is 7.02. The Kier molecular flexibility index (Phi) is 7.49. The lowest BCUT2D eigenvalue weighted by Crippen LogP contribution is -2.48. The SMILES string of the molecule is CC(C)NC(=O)c1cccc(-c2ccccc2CC2(C(=O)NC3CCCC3)CCOCC2)c1. The average molecular weight is 449 g/mol. The summed E-state index contributed by atoms with van der Waals surface area (Å²) in [6, 6.07) is 16.4. The van der Waals surface area contributed by atoms with Crippen LogP contribution in [-0.4, -0.2) is 37.1 Å². The number of carbonyl (C=O) groups is 2. The van der Waals surface area contributed by atoms with Crippen molar-refractivity contribution < 1.29 is 14.3 Å². The molecule has 0 bridgehead atoms. The number of amides is 2. The van der Waals surface area contributed by atoms with Gasteiger partial charge in [0.2, 0.25) is 5.91 Å². The Bertz CT molecular complexity index is 973. The zero-order chi connectivity index (χ0) is 23.3. The van der Waals surface area contributed by atoms with Gasteiger partial charge in [-0.1, -0.05) is 49.2 Å². The van der Waals surface area contributed by atoms with Crippen LogP contribution in [-0.2, 0) is 16.0 Å². The van der Waals surface area contributed by atoms with Gasteiger partial charge < -0.3 is 15.4 Å². The van der Waals surface area contributed by atoms with Gasteiger partial charge in [0.05, 0.1) is 5.41 Å². The highest BCUT2D eigenvalue weighted by molar-refractivity contribution is 5.95. The third kappa shape index (κ3) is 5.64. The lowest BCUT2D eigenvalue weighted by Gasteiger charge is -2.37. The number of benzene rings is 2. The van der Waals surface area contributed by atoms with Crippen molar-refractivity contribution in [3.05, 3.63) is 59.7 Å². The van der Waals surface area contributed by atoms with Gasteiger partial charge in [0.1, 0.15) is 0 Å². The summed E-state index contributed by atoms with van der Waals surface area (Å²) in [7, 11) is 0. The average Bonchev–Trinajstić information content (AvgIpc) is 3.33. The van der Waals surface area contributed by atoms with E-state index in [4.69, 9.17) is 4.74 Å². The van der Waals surface area contributed by atoms with Crippen LogP contribution in [0, 0.1) is 5.41 Å². The molecule has 2 aliphatic rings. The molecule has 176 valence electrons. The standard InChI is InChI=1S/C28H36N2O3/c1-20(2)29-26(31)22-10-7-9-21(18-22)25-13-6-3-8-23(25)19-28(14-16-33-17-15-28)27(32)30-24-11-4-5-12-24/h3,6-10,13,18,20,24H,4-5,11-12,14-17,19H2,1-2H3,(H,29,31)(H,30,32). The predicted octanol–water partition coefficient (Wildman–Crippen LogP) is 4.89. The van der Waals surface area contributed by atoms with Gasteiger partial charge in [0, 0.05) is 30.9 Å².